The molecule has 5 heterocycles. The minimum Gasteiger partial charge on any atom is -0.470 e. The largest absolute Gasteiger partial charge is 0.470 e. The summed E-state index contributed by atoms with van der Waals surface area (Å²) in [7, 11) is 0. The van der Waals surface area contributed by atoms with Gasteiger partial charge in [-0.3, -0.25) is 9.78 Å². The Morgan fingerprint density at radius 2 is 2.19 bits per heavy atom. The minimum atomic E-state index is -0.120. The molecule has 1 fully saturated rings. The van der Waals surface area contributed by atoms with E-state index in [4.69, 9.17) is 9.15 Å². The number of likely N-dealkylation sites (tertiary alicyclic amines) is 1. The Morgan fingerprint density at radius 1 is 1.23 bits per heavy atom. The Kier molecular flexibility index (Phi) is 5.13. The van der Waals surface area contributed by atoms with Crippen LogP contribution in [0.4, 0.5) is 0 Å². The van der Waals surface area contributed by atoms with Gasteiger partial charge in [0.25, 0.3) is 5.91 Å². The molecule has 0 N–H and O–H groups in total. The van der Waals surface area contributed by atoms with Gasteiger partial charge in [-0.2, -0.15) is 0 Å². The van der Waals surface area contributed by atoms with Gasteiger partial charge in [-0.05, 0) is 18.6 Å². The van der Waals surface area contributed by atoms with E-state index in [1.807, 2.05) is 23.0 Å². The number of carbonyl (C=O) groups is 1. The highest BCUT2D eigenvalue weighted by atomic mass is 16.5. The average molecular weight is 420 g/mol. The molecule has 1 atom stereocenters. The Bertz CT molecular complexity index is 1140. The number of ether oxygens (including phenoxy) is 1. The molecule has 0 radical (unpaired) electrons. The predicted octanol–water partition coefficient (Wildman–Crippen LogP) is 1.57. The smallest absolute Gasteiger partial charge is 0.289 e. The number of imidazole rings is 1. The van der Waals surface area contributed by atoms with Crippen LogP contribution in [0.3, 0.4) is 0 Å². The predicted molar refractivity (Wildman–Crippen MR) is 106 cm³/mol. The second kappa shape index (κ2) is 8.38. The minimum absolute atomic E-state index is 0.0575. The Balaban J connectivity index is 1.17. The average Bonchev–Trinajstić information content (AvgIpc) is 3.60. The van der Waals surface area contributed by atoms with Gasteiger partial charge in [0.1, 0.15) is 18.1 Å². The van der Waals surface area contributed by atoms with Crippen molar-refractivity contribution in [1.29, 1.82) is 0 Å². The van der Waals surface area contributed by atoms with E-state index in [-0.39, 0.29) is 18.6 Å². The molecule has 1 saturated heterocycles. The number of hydrogen-bond acceptors (Lipinski definition) is 8. The van der Waals surface area contributed by atoms with Gasteiger partial charge in [-0.1, -0.05) is 5.21 Å². The molecule has 11 nitrogen and oxygen atoms in total. The van der Waals surface area contributed by atoms with Crippen molar-refractivity contribution in [2.24, 2.45) is 0 Å². The van der Waals surface area contributed by atoms with Gasteiger partial charge in [-0.15, -0.1) is 5.10 Å². The first kappa shape index (κ1) is 19.0. The van der Waals surface area contributed by atoms with Crippen molar-refractivity contribution in [2.75, 3.05) is 13.1 Å². The second-order valence-corrected chi connectivity index (χ2v) is 7.22. The van der Waals surface area contributed by atoms with Gasteiger partial charge in [0, 0.05) is 37.9 Å². The summed E-state index contributed by atoms with van der Waals surface area (Å²) in [6.45, 7) is 1.96. The van der Waals surface area contributed by atoms with Crippen LogP contribution in [-0.2, 0) is 13.2 Å². The number of nitrogens with zero attached hydrogens (tertiary/aromatic N) is 8. The molecule has 1 aliphatic heterocycles. The fraction of sp³-hybridized carbons (Fsp3) is 0.300. The van der Waals surface area contributed by atoms with Gasteiger partial charge < -0.3 is 18.6 Å². The summed E-state index contributed by atoms with van der Waals surface area (Å²) in [5.41, 5.74) is 0.686. The van der Waals surface area contributed by atoms with Crippen molar-refractivity contribution in [2.45, 2.75) is 25.6 Å². The van der Waals surface area contributed by atoms with E-state index in [1.165, 1.54) is 0 Å². The van der Waals surface area contributed by atoms with Crippen molar-refractivity contribution < 1.29 is 13.9 Å². The second-order valence-electron chi connectivity index (χ2n) is 7.22. The standard InChI is InChI=1S/C20H20N8O3/c29-20(18-2-1-17(31-18)12-26-8-6-22-14-26)27-7-3-16(11-27)28-10-15(24-25-28)13-30-19-9-21-4-5-23-19/h1-2,4-6,8-10,14,16H,3,7,11-13H2. The van der Waals surface area contributed by atoms with Crippen LogP contribution < -0.4 is 4.74 Å². The lowest BCUT2D eigenvalue weighted by Crippen LogP contribution is -2.28. The fourth-order valence-corrected chi connectivity index (χ4v) is 3.50. The monoisotopic (exact) mass is 420 g/mol. The summed E-state index contributed by atoms with van der Waals surface area (Å²) in [5.74, 6) is 1.36. The van der Waals surface area contributed by atoms with E-state index in [0.717, 1.165) is 6.42 Å². The lowest BCUT2D eigenvalue weighted by Gasteiger charge is -2.15. The normalized spacial score (nSPS) is 16.0. The maximum absolute atomic E-state index is 12.8. The highest BCUT2D eigenvalue weighted by molar-refractivity contribution is 5.91. The van der Waals surface area contributed by atoms with E-state index in [1.54, 1.807) is 46.8 Å². The molecule has 0 spiro atoms. The molecule has 0 aliphatic carbocycles. The van der Waals surface area contributed by atoms with Crippen LogP contribution in [-0.4, -0.2) is 58.4 Å². The Hall–Kier alpha value is -4.02. The van der Waals surface area contributed by atoms with Crippen LogP contribution >= 0.6 is 0 Å². The number of rotatable bonds is 7. The summed E-state index contributed by atoms with van der Waals surface area (Å²) < 4.78 is 15.0. The SMILES string of the molecule is O=C(c1ccc(Cn2ccnc2)o1)N1CCC(n2cc(COc3cnccn3)nn2)C1. The molecule has 1 amide bonds. The van der Waals surface area contributed by atoms with Crippen molar-refractivity contribution in [3.63, 3.8) is 0 Å². The van der Waals surface area contributed by atoms with Crippen molar-refractivity contribution in [3.8, 4) is 5.88 Å². The quantitative estimate of drug-likeness (QED) is 0.442. The molecule has 31 heavy (non-hydrogen) atoms. The third-order valence-electron chi connectivity index (χ3n) is 5.06. The third-order valence-corrected chi connectivity index (χ3v) is 5.06. The van der Waals surface area contributed by atoms with E-state index < -0.39 is 0 Å². The van der Waals surface area contributed by atoms with Crippen molar-refractivity contribution in [3.05, 3.63) is 72.9 Å². The molecule has 1 unspecified atom stereocenters. The maximum Gasteiger partial charge on any atom is 0.289 e. The zero-order valence-electron chi connectivity index (χ0n) is 16.6. The van der Waals surface area contributed by atoms with Gasteiger partial charge >= 0.3 is 0 Å². The molecule has 0 bridgehead atoms. The zero-order chi connectivity index (χ0) is 21.0. The Labute approximate surface area is 177 Å². The van der Waals surface area contributed by atoms with Crippen LogP contribution in [0, 0.1) is 0 Å². The van der Waals surface area contributed by atoms with E-state index in [0.29, 0.717) is 42.7 Å². The van der Waals surface area contributed by atoms with Gasteiger partial charge in [0.15, 0.2) is 5.76 Å². The molecule has 0 saturated carbocycles. The zero-order valence-corrected chi connectivity index (χ0v) is 16.6. The van der Waals surface area contributed by atoms with E-state index >= 15 is 0 Å². The van der Waals surface area contributed by atoms with Crippen LogP contribution in [0.1, 0.15) is 34.5 Å². The summed E-state index contributed by atoms with van der Waals surface area (Å²) in [6, 6.07) is 3.60. The number of amides is 1. The fourth-order valence-electron chi connectivity index (χ4n) is 3.50. The summed E-state index contributed by atoms with van der Waals surface area (Å²) in [4.78, 5) is 26.6. The van der Waals surface area contributed by atoms with Crippen molar-refractivity contribution in [1.82, 2.24) is 39.4 Å². The van der Waals surface area contributed by atoms with E-state index in [2.05, 4.69) is 25.3 Å². The van der Waals surface area contributed by atoms with Gasteiger partial charge in [-0.25, -0.2) is 14.6 Å². The molecule has 158 valence electrons. The van der Waals surface area contributed by atoms with Crippen molar-refractivity contribution >= 4 is 5.91 Å². The molecule has 0 aromatic carbocycles. The van der Waals surface area contributed by atoms with Crippen LogP contribution in [0.5, 0.6) is 5.88 Å². The molecule has 11 heteroatoms. The molecule has 4 aromatic heterocycles. The van der Waals surface area contributed by atoms with E-state index in [9.17, 15) is 4.79 Å². The first-order valence-corrected chi connectivity index (χ1v) is 9.88. The molecular formula is C20H20N8O3. The van der Waals surface area contributed by atoms with Crippen LogP contribution in [0.25, 0.3) is 0 Å². The molecule has 1 aliphatic rings. The lowest BCUT2D eigenvalue weighted by molar-refractivity contribution is 0.0753. The summed E-state index contributed by atoms with van der Waals surface area (Å²) in [6.07, 6.45) is 12.6. The molecule has 4 aromatic rings. The Morgan fingerprint density at radius 3 is 3.03 bits per heavy atom. The molecular weight excluding hydrogens is 400 g/mol. The van der Waals surface area contributed by atoms with Gasteiger partial charge in [0.05, 0.1) is 31.3 Å². The first-order chi connectivity index (χ1) is 15.2. The molecule has 5 rings (SSSR count). The highest BCUT2D eigenvalue weighted by Crippen LogP contribution is 2.23. The number of hydrogen-bond donors (Lipinski definition) is 0. The first-order valence-electron chi connectivity index (χ1n) is 9.88. The topological polar surface area (TPSA) is 117 Å². The summed E-state index contributed by atoms with van der Waals surface area (Å²) in [5, 5.41) is 8.36. The van der Waals surface area contributed by atoms with Gasteiger partial charge in [0.2, 0.25) is 5.88 Å². The van der Waals surface area contributed by atoms with Crippen LogP contribution in [0.15, 0.2) is 60.1 Å². The highest BCUT2D eigenvalue weighted by Gasteiger charge is 2.30. The summed E-state index contributed by atoms with van der Waals surface area (Å²) >= 11 is 0. The lowest BCUT2D eigenvalue weighted by atomic mass is 10.3. The third kappa shape index (κ3) is 4.29. The maximum atomic E-state index is 12.8. The number of furan rings is 1. The van der Waals surface area contributed by atoms with Crippen LogP contribution in [0.2, 0.25) is 0 Å². The number of carbonyl (C=O) groups excluding carboxylic acids is 1. The number of aromatic nitrogens is 7.